The maximum Gasteiger partial charge on any atom is 0.231 e. The van der Waals surface area contributed by atoms with Gasteiger partial charge in [0.15, 0.2) is 11.5 Å². The fraction of sp³-hybridized carbons (Fsp3) is 0.667. The lowest BCUT2D eigenvalue weighted by atomic mass is 10.1. The third-order valence-corrected chi connectivity index (χ3v) is 4.17. The molecule has 0 radical (unpaired) electrons. The molecule has 1 saturated heterocycles. The first-order valence-corrected chi connectivity index (χ1v) is 8.50. The standard InChI is InChI=1S/C18H26O4/c1(3-5-7-16-13-20-16)2-4-6-10-19-12-15-8-9-17-18(11-15)22-14-21-17/h8-9,11,16H,1-7,10,12-14H2. The molecule has 2 aliphatic heterocycles. The van der Waals surface area contributed by atoms with Gasteiger partial charge in [-0.2, -0.15) is 0 Å². The molecule has 3 rings (SSSR count). The van der Waals surface area contributed by atoms with Gasteiger partial charge in [-0.3, -0.25) is 0 Å². The smallest absolute Gasteiger partial charge is 0.231 e. The summed E-state index contributed by atoms with van der Waals surface area (Å²) in [7, 11) is 0. The molecule has 0 aliphatic carbocycles. The van der Waals surface area contributed by atoms with Crippen molar-refractivity contribution in [3.63, 3.8) is 0 Å². The molecule has 0 spiro atoms. The number of benzene rings is 1. The maximum atomic E-state index is 5.73. The van der Waals surface area contributed by atoms with Gasteiger partial charge in [-0.15, -0.1) is 0 Å². The molecular formula is C18H26O4. The fourth-order valence-corrected chi connectivity index (χ4v) is 2.74. The number of epoxide rings is 1. The zero-order valence-electron chi connectivity index (χ0n) is 13.2. The van der Waals surface area contributed by atoms with Crippen molar-refractivity contribution in [2.75, 3.05) is 20.0 Å². The molecule has 4 heteroatoms. The molecule has 2 heterocycles. The normalized spacial score (nSPS) is 18.6. The van der Waals surface area contributed by atoms with E-state index < -0.39 is 0 Å². The minimum atomic E-state index is 0.327. The van der Waals surface area contributed by atoms with E-state index in [4.69, 9.17) is 18.9 Å². The molecule has 4 nitrogen and oxygen atoms in total. The molecule has 1 unspecified atom stereocenters. The van der Waals surface area contributed by atoms with E-state index in [0.29, 0.717) is 19.5 Å². The highest BCUT2D eigenvalue weighted by atomic mass is 16.7. The number of hydrogen-bond acceptors (Lipinski definition) is 4. The first-order valence-electron chi connectivity index (χ1n) is 8.50. The highest BCUT2D eigenvalue weighted by Crippen LogP contribution is 2.32. The molecule has 0 bridgehead atoms. The van der Waals surface area contributed by atoms with E-state index in [1.807, 2.05) is 18.2 Å². The third-order valence-electron chi connectivity index (χ3n) is 4.17. The molecule has 1 aromatic rings. The lowest BCUT2D eigenvalue weighted by Gasteiger charge is -2.05. The van der Waals surface area contributed by atoms with Crippen molar-refractivity contribution in [1.29, 1.82) is 0 Å². The Balaban J connectivity index is 1.16. The molecule has 0 saturated carbocycles. The summed E-state index contributed by atoms with van der Waals surface area (Å²) in [5.74, 6) is 1.66. The van der Waals surface area contributed by atoms with Gasteiger partial charge in [0.25, 0.3) is 0 Å². The summed E-state index contributed by atoms with van der Waals surface area (Å²) >= 11 is 0. The number of rotatable bonds is 11. The van der Waals surface area contributed by atoms with Crippen molar-refractivity contribution in [3.8, 4) is 11.5 Å². The third kappa shape index (κ3) is 5.18. The molecule has 0 aromatic heterocycles. The molecule has 1 fully saturated rings. The minimum Gasteiger partial charge on any atom is -0.454 e. The van der Waals surface area contributed by atoms with Crippen molar-refractivity contribution < 1.29 is 18.9 Å². The van der Waals surface area contributed by atoms with Crippen LogP contribution in [0, 0.1) is 0 Å². The Kier molecular flexibility index (Phi) is 5.96. The Labute approximate surface area is 132 Å². The van der Waals surface area contributed by atoms with Gasteiger partial charge in [0, 0.05) is 6.61 Å². The first kappa shape index (κ1) is 15.6. The summed E-state index contributed by atoms with van der Waals surface area (Å²) in [5, 5.41) is 0. The van der Waals surface area contributed by atoms with Crippen molar-refractivity contribution in [3.05, 3.63) is 23.8 Å². The van der Waals surface area contributed by atoms with Gasteiger partial charge in [0.05, 0.1) is 19.3 Å². The predicted octanol–water partition coefficient (Wildman–Crippen LogP) is 4.06. The zero-order chi connectivity index (χ0) is 15.0. The molecule has 122 valence electrons. The second-order valence-electron chi connectivity index (χ2n) is 6.11. The van der Waals surface area contributed by atoms with E-state index in [-0.39, 0.29) is 0 Å². The van der Waals surface area contributed by atoms with E-state index in [1.54, 1.807) is 0 Å². The van der Waals surface area contributed by atoms with Crippen LogP contribution in [0.4, 0.5) is 0 Å². The quantitative estimate of drug-likeness (QED) is 0.456. The summed E-state index contributed by atoms with van der Waals surface area (Å²) in [4.78, 5) is 0. The van der Waals surface area contributed by atoms with Crippen LogP contribution in [-0.4, -0.2) is 26.1 Å². The van der Waals surface area contributed by atoms with Gasteiger partial charge in [-0.05, 0) is 30.5 Å². The van der Waals surface area contributed by atoms with Crippen LogP contribution in [0.15, 0.2) is 18.2 Å². The molecule has 1 aromatic carbocycles. The number of hydrogen-bond donors (Lipinski definition) is 0. The first-order chi connectivity index (χ1) is 10.9. The van der Waals surface area contributed by atoms with Gasteiger partial charge in [0.1, 0.15) is 0 Å². The van der Waals surface area contributed by atoms with Crippen LogP contribution in [-0.2, 0) is 16.1 Å². The van der Waals surface area contributed by atoms with Gasteiger partial charge >= 0.3 is 0 Å². The Hall–Kier alpha value is -1.26. The predicted molar refractivity (Wildman–Crippen MR) is 84.3 cm³/mol. The van der Waals surface area contributed by atoms with Gasteiger partial charge in [0.2, 0.25) is 6.79 Å². The van der Waals surface area contributed by atoms with E-state index in [1.165, 1.54) is 38.5 Å². The van der Waals surface area contributed by atoms with Crippen molar-refractivity contribution in [1.82, 2.24) is 0 Å². The summed E-state index contributed by atoms with van der Waals surface area (Å²) in [5.41, 5.74) is 1.14. The zero-order valence-corrected chi connectivity index (χ0v) is 13.2. The Morgan fingerprint density at radius 2 is 1.73 bits per heavy atom. The number of fused-ring (bicyclic) bond motifs is 1. The molecule has 1 atom stereocenters. The van der Waals surface area contributed by atoms with Crippen molar-refractivity contribution in [2.24, 2.45) is 0 Å². The van der Waals surface area contributed by atoms with Crippen LogP contribution in [0.3, 0.4) is 0 Å². The van der Waals surface area contributed by atoms with Gasteiger partial charge in [-0.1, -0.05) is 38.2 Å². The highest BCUT2D eigenvalue weighted by molar-refractivity contribution is 5.44. The number of ether oxygens (including phenoxy) is 4. The van der Waals surface area contributed by atoms with Crippen LogP contribution in [0.1, 0.15) is 50.5 Å². The molecule has 0 amide bonds. The van der Waals surface area contributed by atoms with E-state index in [2.05, 4.69) is 0 Å². The summed E-state index contributed by atoms with van der Waals surface area (Å²) in [6.45, 7) is 2.82. The van der Waals surface area contributed by atoms with Crippen LogP contribution in [0.5, 0.6) is 11.5 Å². The average Bonchev–Trinajstić information content (AvgIpc) is 3.24. The fourth-order valence-electron chi connectivity index (χ4n) is 2.74. The molecule has 0 N–H and O–H groups in total. The summed E-state index contributed by atoms with van der Waals surface area (Å²) in [6.07, 6.45) is 9.61. The second-order valence-corrected chi connectivity index (χ2v) is 6.11. The van der Waals surface area contributed by atoms with E-state index in [0.717, 1.165) is 36.7 Å². The topological polar surface area (TPSA) is 40.2 Å². The highest BCUT2D eigenvalue weighted by Gasteiger charge is 2.20. The monoisotopic (exact) mass is 306 g/mol. The van der Waals surface area contributed by atoms with Gasteiger partial charge in [-0.25, -0.2) is 0 Å². The Bertz CT molecular complexity index is 456. The SMILES string of the molecule is c1cc2c(cc1COCCCCCCCCC1CO1)OCO2. The van der Waals surface area contributed by atoms with Crippen molar-refractivity contribution in [2.45, 2.75) is 57.7 Å². The Morgan fingerprint density at radius 3 is 2.59 bits per heavy atom. The lowest BCUT2D eigenvalue weighted by molar-refractivity contribution is 0.116. The minimum absolute atomic E-state index is 0.327. The average molecular weight is 306 g/mol. The summed E-state index contributed by atoms with van der Waals surface area (Å²) in [6, 6.07) is 6.00. The maximum absolute atomic E-state index is 5.73. The molecule has 22 heavy (non-hydrogen) atoms. The van der Waals surface area contributed by atoms with E-state index >= 15 is 0 Å². The largest absolute Gasteiger partial charge is 0.454 e. The van der Waals surface area contributed by atoms with Crippen LogP contribution >= 0.6 is 0 Å². The molecular weight excluding hydrogens is 280 g/mol. The number of unbranched alkanes of at least 4 members (excludes halogenated alkanes) is 5. The lowest BCUT2D eigenvalue weighted by Crippen LogP contribution is -1.96. The Morgan fingerprint density at radius 1 is 0.955 bits per heavy atom. The van der Waals surface area contributed by atoms with E-state index in [9.17, 15) is 0 Å². The van der Waals surface area contributed by atoms with Crippen molar-refractivity contribution >= 4 is 0 Å². The van der Waals surface area contributed by atoms with Crippen LogP contribution in [0.2, 0.25) is 0 Å². The summed E-state index contributed by atoms with van der Waals surface area (Å²) < 4.78 is 21.6. The van der Waals surface area contributed by atoms with Crippen LogP contribution in [0.25, 0.3) is 0 Å². The second kappa shape index (κ2) is 8.39. The van der Waals surface area contributed by atoms with Gasteiger partial charge < -0.3 is 18.9 Å². The van der Waals surface area contributed by atoms with Crippen LogP contribution < -0.4 is 9.47 Å². The molecule has 2 aliphatic rings.